The summed E-state index contributed by atoms with van der Waals surface area (Å²) in [7, 11) is 0. The number of carbonyl (C=O) groups is 3. The quantitative estimate of drug-likeness (QED) is 0.164. The van der Waals surface area contributed by atoms with Crippen molar-refractivity contribution in [3.63, 3.8) is 0 Å². The number of carboxylic acids is 1. The molecule has 0 aliphatic heterocycles. The van der Waals surface area contributed by atoms with E-state index >= 15 is 0 Å². The lowest BCUT2D eigenvalue weighted by molar-refractivity contribution is -0.139. The molecule has 0 aromatic carbocycles. The van der Waals surface area contributed by atoms with Crippen LogP contribution in [0, 0.1) is 0 Å². The molecular weight excluding hydrogens is 356 g/mol. The van der Waals surface area contributed by atoms with E-state index in [1.807, 2.05) is 6.92 Å². The van der Waals surface area contributed by atoms with E-state index in [4.69, 9.17) is 5.11 Å². The highest BCUT2D eigenvalue weighted by Crippen LogP contribution is 2.13. The maximum Gasteiger partial charge on any atom is 0.305 e. The summed E-state index contributed by atoms with van der Waals surface area (Å²) in [5, 5.41) is 10.2. The molecule has 0 saturated heterocycles. The summed E-state index contributed by atoms with van der Waals surface area (Å²) in [4.78, 5) is 33.0. The average molecular weight is 399 g/mol. The van der Waals surface area contributed by atoms with Crippen LogP contribution >= 0.6 is 0 Å². The largest absolute Gasteiger partial charge is 0.481 e. The average Bonchev–Trinajstić information content (AvgIpc) is 2.67. The molecule has 0 unspecified atom stereocenters. The van der Waals surface area contributed by atoms with Crippen LogP contribution in [0.15, 0.2) is 0 Å². The van der Waals surface area contributed by atoms with Gasteiger partial charge in [0.05, 0.1) is 6.42 Å². The van der Waals surface area contributed by atoms with E-state index in [1.165, 1.54) is 69.2 Å². The standard InChI is InChI=1S/C22H42N2O4/c1-2-23-24(19-18-22(27)28)21(26)17-15-13-11-9-7-5-3-4-6-8-10-12-14-16-20-25/h20,23H,2-19H2,1H3,(H,27,28). The number of carboxylic acid groups (broad SMARTS) is 1. The van der Waals surface area contributed by atoms with Crippen LogP contribution in [0.5, 0.6) is 0 Å². The molecule has 0 aromatic heterocycles. The molecule has 0 heterocycles. The smallest absolute Gasteiger partial charge is 0.305 e. The Morgan fingerprint density at radius 1 is 0.786 bits per heavy atom. The summed E-state index contributed by atoms with van der Waals surface area (Å²) >= 11 is 0. The number of amides is 1. The maximum absolute atomic E-state index is 12.1. The van der Waals surface area contributed by atoms with Crippen molar-refractivity contribution in [3.8, 4) is 0 Å². The second kappa shape index (κ2) is 20.3. The van der Waals surface area contributed by atoms with Gasteiger partial charge < -0.3 is 9.90 Å². The number of rotatable bonds is 21. The predicted molar refractivity (Wildman–Crippen MR) is 113 cm³/mol. The van der Waals surface area contributed by atoms with Gasteiger partial charge >= 0.3 is 5.97 Å². The zero-order valence-electron chi connectivity index (χ0n) is 17.9. The fraction of sp³-hybridized carbons (Fsp3) is 0.864. The lowest BCUT2D eigenvalue weighted by atomic mass is 10.0. The van der Waals surface area contributed by atoms with Crippen LogP contribution in [0.2, 0.25) is 0 Å². The van der Waals surface area contributed by atoms with Crippen LogP contribution in [0.25, 0.3) is 0 Å². The van der Waals surface area contributed by atoms with Crippen molar-refractivity contribution in [1.29, 1.82) is 0 Å². The number of nitrogens with zero attached hydrogens (tertiary/aromatic N) is 1. The Bertz CT molecular complexity index is 402. The number of aliphatic carboxylic acids is 1. The van der Waals surface area contributed by atoms with Crippen LogP contribution in [0.3, 0.4) is 0 Å². The first-order valence-electron chi connectivity index (χ1n) is 11.3. The summed E-state index contributed by atoms with van der Waals surface area (Å²) in [5.74, 6) is -0.889. The molecule has 0 atom stereocenters. The fourth-order valence-corrected chi connectivity index (χ4v) is 3.27. The molecule has 0 aromatic rings. The second-order valence-electron chi connectivity index (χ2n) is 7.50. The van der Waals surface area contributed by atoms with Gasteiger partial charge in [0, 0.05) is 25.9 Å². The molecule has 0 aliphatic carbocycles. The molecule has 0 radical (unpaired) electrons. The molecule has 6 nitrogen and oxygen atoms in total. The predicted octanol–water partition coefficient (Wildman–Crippen LogP) is 4.86. The van der Waals surface area contributed by atoms with Crippen LogP contribution in [0.1, 0.15) is 110 Å². The summed E-state index contributed by atoms with van der Waals surface area (Å²) in [6.45, 7) is 2.74. The first-order valence-corrected chi connectivity index (χ1v) is 11.3. The zero-order chi connectivity index (χ0) is 20.9. The van der Waals surface area contributed by atoms with Gasteiger partial charge in [0.15, 0.2) is 0 Å². The van der Waals surface area contributed by atoms with Gasteiger partial charge in [-0.1, -0.05) is 77.6 Å². The number of unbranched alkanes of at least 4 members (excludes halogenated alkanes) is 13. The third-order valence-electron chi connectivity index (χ3n) is 4.91. The number of hydrogen-bond acceptors (Lipinski definition) is 4. The first kappa shape index (κ1) is 26.6. The minimum absolute atomic E-state index is 0.00532. The number of carbonyl (C=O) groups excluding carboxylic acids is 2. The van der Waals surface area contributed by atoms with Crippen molar-refractivity contribution in [2.45, 2.75) is 110 Å². The van der Waals surface area contributed by atoms with E-state index in [9.17, 15) is 14.4 Å². The molecule has 0 saturated carbocycles. The zero-order valence-corrected chi connectivity index (χ0v) is 17.9. The van der Waals surface area contributed by atoms with Crippen molar-refractivity contribution < 1.29 is 19.5 Å². The topological polar surface area (TPSA) is 86.7 Å². The van der Waals surface area contributed by atoms with E-state index in [0.717, 1.165) is 25.5 Å². The molecule has 0 spiro atoms. The van der Waals surface area contributed by atoms with Crippen molar-refractivity contribution in [1.82, 2.24) is 10.4 Å². The van der Waals surface area contributed by atoms with Gasteiger partial charge in [0.25, 0.3) is 0 Å². The number of aldehydes is 1. The highest BCUT2D eigenvalue weighted by Gasteiger charge is 2.13. The van der Waals surface area contributed by atoms with Gasteiger partial charge in [-0.2, -0.15) is 0 Å². The molecule has 0 rings (SSSR count). The molecule has 1 amide bonds. The molecule has 0 fully saturated rings. The van der Waals surface area contributed by atoms with Crippen molar-refractivity contribution in [2.24, 2.45) is 0 Å². The Balaban J connectivity index is 3.44. The highest BCUT2D eigenvalue weighted by molar-refractivity contribution is 5.76. The normalized spacial score (nSPS) is 10.8. The lowest BCUT2D eigenvalue weighted by Gasteiger charge is -2.22. The van der Waals surface area contributed by atoms with E-state index in [-0.39, 0.29) is 18.9 Å². The van der Waals surface area contributed by atoms with Crippen LogP contribution < -0.4 is 5.43 Å². The van der Waals surface area contributed by atoms with Crippen molar-refractivity contribution in [2.75, 3.05) is 13.1 Å². The van der Waals surface area contributed by atoms with E-state index < -0.39 is 5.97 Å². The summed E-state index contributed by atoms with van der Waals surface area (Å²) < 4.78 is 0. The molecular formula is C22H42N2O4. The Hall–Kier alpha value is -1.43. The summed E-state index contributed by atoms with van der Waals surface area (Å²) in [5.41, 5.74) is 2.95. The molecule has 6 heteroatoms. The van der Waals surface area contributed by atoms with Crippen molar-refractivity contribution in [3.05, 3.63) is 0 Å². The van der Waals surface area contributed by atoms with Gasteiger partial charge in [-0.25, -0.2) is 5.43 Å². The fourth-order valence-electron chi connectivity index (χ4n) is 3.27. The third kappa shape index (κ3) is 18.0. The molecule has 0 aliphatic rings. The van der Waals surface area contributed by atoms with Gasteiger partial charge in [0.1, 0.15) is 6.29 Å². The van der Waals surface area contributed by atoms with E-state index in [0.29, 0.717) is 19.4 Å². The first-order chi connectivity index (χ1) is 13.6. The van der Waals surface area contributed by atoms with Crippen LogP contribution in [-0.2, 0) is 14.4 Å². The lowest BCUT2D eigenvalue weighted by Crippen LogP contribution is -2.43. The molecule has 164 valence electrons. The Morgan fingerprint density at radius 2 is 1.25 bits per heavy atom. The van der Waals surface area contributed by atoms with Crippen molar-refractivity contribution >= 4 is 18.2 Å². The number of hydrazine groups is 1. The Kier molecular flexibility index (Phi) is 19.3. The minimum Gasteiger partial charge on any atom is -0.481 e. The molecule has 2 N–H and O–H groups in total. The van der Waals surface area contributed by atoms with Gasteiger partial charge in [-0.3, -0.25) is 14.6 Å². The Labute approximate surface area is 171 Å². The monoisotopic (exact) mass is 398 g/mol. The van der Waals surface area contributed by atoms with Gasteiger partial charge in [0.2, 0.25) is 5.91 Å². The third-order valence-corrected chi connectivity index (χ3v) is 4.91. The van der Waals surface area contributed by atoms with E-state index in [1.54, 1.807) is 0 Å². The van der Waals surface area contributed by atoms with Gasteiger partial charge in [-0.15, -0.1) is 0 Å². The van der Waals surface area contributed by atoms with Crippen LogP contribution in [-0.4, -0.2) is 41.4 Å². The molecule has 28 heavy (non-hydrogen) atoms. The van der Waals surface area contributed by atoms with E-state index in [2.05, 4.69) is 5.43 Å². The summed E-state index contributed by atoms with van der Waals surface area (Å²) in [6.07, 6.45) is 17.8. The second-order valence-corrected chi connectivity index (χ2v) is 7.50. The highest BCUT2D eigenvalue weighted by atomic mass is 16.4. The SMILES string of the molecule is CCNN(CCC(=O)O)C(=O)CCCCCCCCCCCCCCCC=O. The Morgan fingerprint density at radius 3 is 1.68 bits per heavy atom. The number of hydrogen-bond donors (Lipinski definition) is 2. The summed E-state index contributed by atoms with van der Waals surface area (Å²) in [6, 6.07) is 0. The molecule has 0 bridgehead atoms. The number of nitrogens with one attached hydrogen (secondary N) is 1. The van der Waals surface area contributed by atoms with Crippen LogP contribution in [0.4, 0.5) is 0 Å². The van der Waals surface area contributed by atoms with Gasteiger partial charge in [-0.05, 0) is 12.8 Å². The maximum atomic E-state index is 12.1. The minimum atomic E-state index is -0.884.